The van der Waals surface area contributed by atoms with E-state index in [4.69, 9.17) is 0 Å². The van der Waals surface area contributed by atoms with Crippen LogP contribution in [-0.4, -0.2) is 4.98 Å². The normalized spacial score (nSPS) is 8.36. The van der Waals surface area contributed by atoms with Gasteiger partial charge in [0, 0.05) is 0 Å². The Bertz CT molecular complexity index is 352. The second-order valence-corrected chi connectivity index (χ2v) is 3.16. The van der Waals surface area contributed by atoms with Gasteiger partial charge in [-0.05, 0) is 18.6 Å². The minimum absolute atomic E-state index is 1.15. The quantitative estimate of drug-likeness (QED) is 0.615. The van der Waals surface area contributed by atoms with Gasteiger partial charge in [-0.25, -0.2) is 4.98 Å². The number of fused-ring (bicyclic) bond motifs is 1. The van der Waals surface area contributed by atoms with Gasteiger partial charge in [0.1, 0.15) is 0 Å². The molecule has 0 spiro atoms. The summed E-state index contributed by atoms with van der Waals surface area (Å²) in [5.41, 5.74) is 4.30. The first-order valence-electron chi connectivity index (χ1n) is 5.17. The molecule has 1 heterocycles. The molecule has 1 aromatic carbocycles. The van der Waals surface area contributed by atoms with Crippen molar-refractivity contribution in [2.45, 2.75) is 34.6 Å². The van der Waals surface area contributed by atoms with Gasteiger partial charge in [-0.15, -0.1) is 11.3 Å². The number of hydrogen-bond donors (Lipinski definition) is 0. The van der Waals surface area contributed by atoms with Crippen molar-refractivity contribution in [2.75, 3.05) is 0 Å². The van der Waals surface area contributed by atoms with Gasteiger partial charge >= 0.3 is 0 Å². The van der Waals surface area contributed by atoms with Crippen molar-refractivity contribution >= 4 is 21.6 Å². The average molecular weight is 209 g/mol. The molecule has 0 amide bonds. The summed E-state index contributed by atoms with van der Waals surface area (Å²) in [4.78, 5) is 4.24. The molecular formula is C12H19NS. The van der Waals surface area contributed by atoms with Crippen molar-refractivity contribution in [3.8, 4) is 0 Å². The Balaban J connectivity index is 0.000000379. The molecule has 0 radical (unpaired) electrons. The van der Waals surface area contributed by atoms with Gasteiger partial charge in [0.2, 0.25) is 0 Å². The molecule has 2 heteroatoms. The molecule has 2 aromatic rings. The fraction of sp³-hybridized carbons (Fsp3) is 0.417. The van der Waals surface area contributed by atoms with Crippen LogP contribution < -0.4 is 0 Å². The third-order valence-electron chi connectivity index (χ3n) is 1.56. The summed E-state index contributed by atoms with van der Waals surface area (Å²) < 4.78 is 1.28. The van der Waals surface area contributed by atoms with Crippen LogP contribution in [0.4, 0.5) is 0 Å². The minimum Gasteiger partial charge on any atom is -0.244 e. The summed E-state index contributed by atoms with van der Waals surface area (Å²) in [5, 5.41) is 0. The molecule has 0 saturated carbocycles. The smallest absolute Gasteiger partial charge is 0.0841 e. The summed E-state index contributed by atoms with van der Waals surface area (Å²) in [6, 6.07) is 6.25. The maximum Gasteiger partial charge on any atom is 0.0841 e. The summed E-state index contributed by atoms with van der Waals surface area (Å²) in [6.45, 7) is 10.1. The lowest BCUT2D eigenvalue weighted by atomic mass is 10.2. The van der Waals surface area contributed by atoms with E-state index in [1.165, 1.54) is 10.3 Å². The fourth-order valence-corrected chi connectivity index (χ4v) is 1.78. The van der Waals surface area contributed by atoms with Gasteiger partial charge in [0.15, 0.2) is 0 Å². The van der Waals surface area contributed by atoms with Crippen LogP contribution in [0, 0.1) is 6.92 Å². The van der Waals surface area contributed by atoms with Gasteiger partial charge in [0.25, 0.3) is 0 Å². The predicted molar refractivity (Wildman–Crippen MR) is 67.1 cm³/mol. The first kappa shape index (κ1) is 13.1. The van der Waals surface area contributed by atoms with Crippen molar-refractivity contribution < 1.29 is 0 Å². The molecule has 0 saturated heterocycles. The predicted octanol–water partition coefficient (Wildman–Crippen LogP) is 4.66. The fourth-order valence-electron chi connectivity index (χ4n) is 1.03. The minimum atomic E-state index is 1.15. The van der Waals surface area contributed by atoms with E-state index in [0.29, 0.717) is 0 Å². The maximum absolute atomic E-state index is 4.24. The van der Waals surface area contributed by atoms with Crippen molar-refractivity contribution in [1.82, 2.24) is 4.98 Å². The standard InChI is InChI=1S/C8H7NS.2C2H6/c1-6-3-2-4-7-8(6)9-5-10-7;2*1-2/h2-5H,1H3;2*1-2H3. The zero-order chi connectivity index (χ0) is 11.0. The topological polar surface area (TPSA) is 12.9 Å². The highest BCUT2D eigenvalue weighted by atomic mass is 32.1. The van der Waals surface area contributed by atoms with E-state index in [1.807, 2.05) is 33.2 Å². The first-order chi connectivity index (χ1) is 6.88. The summed E-state index contributed by atoms with van der Waals surface area (Å²) >= 11 is 1.69. The Morgan fingerprint density at radius 1 is 1.07 bits per heavy atom. The summed E-state index contributed by atoms with van der Waals surface area (Å²) in [5.74, 6) is 0. The van der Waals surface area contributed by atoms with Crippen LogP contribution in [0.25, 0.3) is 10.2 Å². The Morgan fingerprint density at radius 2 is 1.71 bits per heavy atom. The van der Waals surface area contributed by atoms with Crippen LogP contribution in [0.3, 0.4) is 0 Å². The largest absolute Gasteiger partial charge is 0.244 e. The molecule has 0 aliphatic carbocycles. The molecule has 0 unspecified atom stereocenters. The van der Waals surface area contributed by atoms with E-state index < -0.39 is 0 Å². The number of thiazole rings is 1. The molecular weight excluding hydrogens is 190 g/mol. The van der Waals surface area contributed by atoms with Crippen molar-refractivity contribution in [3.05, 3.63) is 29.3 Å². The number of benzene rings is 1. The monoisotopic (exact) mass is 209 g/mol. The SMILES string of the molecule is CC.CC.Cc1cccc2scnc12. The molecule has 0 N–H and O–H groups in total. The maximum atomic E-state index is 4.24. The molecule has 0 aliphatic heterocycles. The van der Waals surface area contributed by atoms with Gasteiger partial charge in [-0.2, -0.15) is 0 Å². The Labute approximate surface area is 90.8 Å². The summed E-state index contributed by atoms with van der Waals surface area (Å²) in [7, 11) is 0. The molecule has 0 fully saturated rings. The van der Waals surface area contributed by atoms with Crippen LogP contribution in [0.5, 0.6) is 0 Å². The van der Waals surface area contributed by atoms with E-state index in [0.717, 1.165) is 5.52 Å². The van der Waals surface area contributed by atoms with Gasteiger partial charge < -0.3 is 0 Å². The number of aromatic nitrogens is 1. The van der Waals surface area contributed by atoms with Crippen molar-refractivity contribution in [1.29, 1.82) is 0 Å². The zero-order valence-corrected chi connectivity index (χ0v) is 10.5. The molecule has 0 atom stereocenters. The van der Waals surface area contributed by atoms with Crippen molar-refractivity contribution in [2.24, 2.45) is 0 Å². The van der Waals surface area contributed by atoms with E-state index in [1.54, 1.807) is 11.3 Å². The third-order valence-corrected chi connectivity index (χ3v) is 2.36. The number of nitrogens with zero attached hydrogens (tertiary/aromatic N) is 1. The molecule has 0 aliphatic rings. The lowest BCUT2D eigenvalue weighted by Gasteiger charge is -1.90. The molecule has 14 heavy (non-hydrogen) atoms. The Hall–Kier alpha value is -0.890. The van der Waals surface area contributed by atoms with E-state index in [9.17, 15) is 0 Å². The Morgan fingerprint density at radius 3 is 2.29 bits per heavy atom. The van der Waals surface area contributed by atoms with Gasteiger partial charge in [-0.3, -0.25) is 0 Å². The average Bonchev–Trinajstić information content (AvgIpc) is 2.73. The number of rotatable bonds is 0. The first-order valence-corrected chi connectivity index (χ1v) is 6.05. The molecule has 0 bridgehead atoms. The highest BCUT2D eigenvalue weighted by Gasteiger charge is 1.96. The molecule has 2 rings (SSSR count). The van der Waals surface area contributed by atoms with Crippen molar-refractivity contribution in [3.63, 3.8) is 0 Å². The van der Waals surface area contributed by atoms with Crippen LogP contribution in [0.15, 0.2) is 23.7 Å². The Kier molecular flexibility index (Phi) is 7.03. The van der Waals surface area contributed by atoms with Crippen LogP contribution in [0.1, 0.15) is 33.3 Å². The lowest BCUT2D eigenvalue weighted by molar-refractivity contribution is 1.43. The highest BCUT2D eigenvalue weighted by Crippen LogP contribution is 2.19. The second kappa shape index (κ2) is 7.51. The number of hydrogen-bond acceptors (Lipinski definition) is 2. The second-order valence-electron chi connectivity index (χ2n) is 2.27. The van der Waals surface area contributed by atoms with E-state index in [-0.39, 0.29) is 0 Å². The van der Waals surface area contributed by atoms with Gasteiger partial charge in [0.05, 0.1) is 15.7 Å². The highest BCUT2D eigenvalue weighted by molar-refractivity contribution is 7.16. The van der Waals surface area contributed by atoms with E-state index >= 15 is 0 Å². The molecule has 1 nitrogen and oxygen atoms in total. The number of aryl methyl sites for hydroxylation is 1. The number of para-hydroxylation sites is 1. The van der Waals surface area contributed by atoms with E-state index in [2.05, 4.69) is 30.1 Å². The molecule has 1 aromatic heterocycles. The molecule has 78 valence electrons. The third kappa shape index (κ3) is 3.11. The summed E-state index contributed by atoms with van der Waals surface area (Å²) in [6.07, 6.45) is 0. The van der Waals surface area contributed by atoms with Crippen LogP contribution in [0.2, 0.25) is 0 Å². The van der Waals surface area contributed by atoms with Crippen LogP contribution in [-0.2, 0) is 0 Å². The van der Waals surface area contributed by atoms with Gasteiger partial charge in [-0.1, -0.05) is 39.8 Å². The lowest BCUT2D eigenvalue weighted by Crippen LogP contribution is -1.72. The zero-order valence-electron chi connectivity index (χ0n) is 9.66. The van der Waals surface area contributed by atoms with Crippen LogP contribution >= 0.6 is 11.3 Å².